The summed E-state index contributed by atoms with van der Waals surface area (Å²) in [7, 11) is -4.28. The predicted molar refractivity (Wildman–Crippen MR) is 123 cm³/mol. The maximum Gasteiger partial charge on any atom is 0.416 e. The van der Waals surface area contributed by atoms with E-state index in [1.165, 1.54) is 35.2 Å². The third-order valence-corrected chi connectivity index (χ3v) is 8.05. The summed E-state index contributed by atoms with van der Waals surface area (Å²) in [6.07, 6.45) is 1.90. The smallest absolute Gasteiger partial charge is 0.282 e. The summed E-state index contributed by atoms with van der Waals surface area (Å²) in [6.45, 7) is 4.52. The van der Waals surface area contributed by atoms with Gasteiger partial charge in [-0.2, -0.15) is 13.0 Å². The summed E-state index contributed by atoms with van der Waals surface area (Å²) in [4.78, 5) is 1.55. The van der Waals surface area contributed by atoms with Crippen LogP contribution in [-0.2, 0) is 26.0 Å². The Morgan fingerprint density at radius 2 is 2.09 bits per heavy atom. The van der Waals surface area contributed by atoms with Gasteiger partial charge in [0.25, 0.3) is 10.1 Å². The SMILES string of the molecule is C/C=[N+]1/C(=N\Nc2sc3cc(S(=O)(=O)O)ccc3[n+]2CC)Sc2cc(SOOO)ccc21. The molecule has 1 aliphatic rings. The number of anilines is 1. The quantitative estimate of drug-likeness (QED) is 0.140. The van der Waals surface area contributed by atoms with Gasteiger partial charge in [-0.3, -0.25) is 4.55 Å². The van der Waals surface area contributed by atoms with Crippen molar-refractivity contribution in [2.24, 2.45) is 5.10 Å². The monoisotopic (exact) mass is 514 g/mol. The number of hydrogen-bond donors (Lipinski definition) is 3. The van der Waals surface area contributed by atoms with Crippen molar-refractivity contribution in [2.75, 3.05) is 5.43 Å². The number of fused-ring (bicyclic) bond motifs is 2. The van der Waals surface area contributed by atoms with E-state index < -0.39 is 10.1 Å². The van der Waals surface area contributed by atoms with Crippen molar-refractivity contribution in [3.05, 3.63) is 36.4 Å². The van der Waals surface area contributed by atoms with Gasteiger partial charge in [0.1, 0.15) is 11.2 Å². The number of thiazole rings is 1. The zero-order valence-corrected chi connectivity index (χ0v) is 20.0. The maximum atomic E-state index is 11.5. The minimum Gasteiger partial charge on any atom is -0.282 e. The first-order chi connectivity index (χ1) is 15.4. The first-order valence-electron chi connectivity index (χ1n) is 9.18. The Balaban J connectivity index is 1.64. The second kappa shape index (κ2) is 9.44. The van der Waals surface area contributed by atoms with Gasteiger partial charge in [0, 0.05) is 16.7 Å². The van der Waals surface area contributed by atoms with Gasteiger partial charge < -0.3 is 0 Å². The van der Waals surface area contributed by atoms with Gasteiger partial charge in [-0.25, -0.2) is 9.82 Å². The zero-order chi connectivity index (χ0) is 22.9. The molecule has 0 saturated heterocycles. The molecule has 14 heteroatoms. The molecule has 32 heavy (non-hydrogen) atoms. The van der Waals surface area contributed by atoms with Gasteiger partial charge in [0.15, 0.2) is 5.10 Å². The lowest BCUT2D eigenvalue weighted by Gasteiger charge is -1.99. The molecule has 4 rings (SSSR count). The summed E-state index contributed by atoms with van der Waals surface area (Å²) in [6, 6.07) is 10.1. The molecule has 2 heterocycles. The normalized spacial score (nSPS) is 16.2. The molecule has 0 radical (unpaired) electrons. The number of nitrogens with zero attached hydrogens (tertiary/aromatic N) is 3. The fraction of sp³-hybridized carbons (Fsp3) is 0.167. The van der Waals surface area contributed by atoms with Gasteiger partial charge in [0.2, 0.25) is 0 Å². The molecule has 10 nitrogen and oxygen atoms in total. The Morgan fingerprint density at radius 1 is 1.28 bits per heavy atom. The number of hydrazone groups is 1. The minimum atomic E-state index is -4.28. The summed E-state index contributed by atoms with van der Waals surface area (Å²) >= 11 is 3.68. The van der Waals surface area contributed by atoms with Crippen molar-refractivity contribution in [2.45, 2.75) is 35.1 Å². The average Bonchev–Trinajstić information content (AvgIpc) is 3.31. The van der Waals surface area contributed by atoms with E-state index in [9.17, 15) is 13.0 Å². The van der Waals surface area contributed by atoms with Gasteiger partial charge in [-0.05, 0) is 67.0 Å². The topological polar surface area (TPSA) is 124 Å². The minimum absolute atomic E-state index is 0.148. The van der Waals surface area contributed by atoms with Crippen LogP contribution in [0.2, 0.25) is 0 Å². The van der Waals surface area contributed by atoms with Crippen LogP contribution >= 0.6 is 35.1 Å². The fourth-order valence-electron chi connectivity index (χ4n) is 3.18. The molecular weight excluding hydrogens is 496 g/mol. The van der Waals surface area contributed by atoms with Gasteiger partial charge >= 0.3 is 10.3 Å². The molecule has 0 atom stereocenters. The first kappa shape index (κ1) is 23.1. The van der Waals surface area contributed by atoms with E-state index in [-0.39, 0.29) is 4.90 Å². The van der Waals surface area contributed by atoms with E-state index in [0.29, 0.717) is 16.4 Å². The fourth-order valence-corrected chi connectivity index (χ4v) is 6.39. The van der Waals surface area contributed by atoms with Crippen LogP contribution in [0.5, 0.6) is 0 Å². The summed E-state index contributed by atoms with van der Waals surface area (Å²) in [5.41, 5.74) is 4.88. The molecule has 0 amide bonds. The number of benzene rings is 2. The largest absolute Gasteiger partial charge is 0.416 e. The Kier molecular flexibility index (Phi) is 6.83. The van der Waals surface area contributed by atoms with Crippen LogP contribution in [0.4, 0.5) is 10.8 Å². The van der Waals surface area contributed by atoms with Crippen molar-refractivity contribution < 1.29 is 36.7 Å². The van der Waals surface area contributed by atoms with Crippen molar-refractivity contribution >= 4 is 77.7 Å². The molecule has 0 spiro atoms. The molecule has 1 aromatic heterocycles. The number of hydrogen-bond acceptors (Lipinski definition) is 10. The molecule has 3 aromatic rings. The molecule has 2 aromatic carbocycles. The molecular formula is C18H18N4O6S4+2. The van der Waals surface area contributed by atoms with Crippen molar-refractivity contribution in [1.82, 2.24) is 0 Å². The molecule has 1 aliphatic heterocycles. The van der Waals surface area contributed by atoms with Crippen LogP contribution in [0.15, 0.2) is 56.2 Å². The summed E-state index contributed by atoms with van der Waals surface area (Å²) < 4.78 is 41.4. The maximum absolute atomic E-state index is 11.5. The predicted octanol–water partition coefficient (Wildman–Crippen LogP) is 4.11. The Hall–Kier alpha value is -2.04. The Labute approximate surface area is 196 Å². The van der Waals surface area contributed by atoms with E-state index in [1.807, 2.05) is 47.4 Å². The van der Waals surface area contributed by atoms with Crippen LogP contribution < -0.4 is 9.99 Å². The second-order valence-corrected chi connectivity index (χ2v) is 10.6. The molecule has 0 bridgehead atoms. The van der Waals surface area contributed by atoms with Crippen LogP contribution in [0.1, 0.15) is 13.8 Å². The van der Waals surface area contributed by atoms with Crippen LogP contribution in [0.25, 0.3) is 10.2 Å². The zero-order valence-electron chi connectivity index (χ0n) is 16.8. The van der Waals surface area contributed by atoms with Gasteiger partial charge in [-0.15, -0.1) is 4.33 Å². The van der Waals surface area contributed by atoms with E-state index in [4.69, 9.17) is 5.26 Å². The van der Waals surface area contributed by atoms with Gasteiger partial charge in [0.05, 0.1) is 39.3 Å². The summed E-state index contributed by atoms with van der Waals surface area (Å²) in [5.74, 6) is 0. The number of aryl methyl sites for hydroxylation is 1. The Morgan fingerprint density at radius 3 is 2.78 bits per heavy atom. The Bertz CT molecular complexity index is 1350. The molecule has 3 N–H and O–H groups in total. The van der Waals surface area contributed by atoms with Crippen molar-refractivity contribution in [1.29, 1.82) is 0 Å². The number of thioether (sulfide) groups is 1. The molecule has 0 unspecified atom stereocenters. The van der Waals surface area contributed by atoms with Crippen molar-refractivity contribution in [3.8, 4) is 0 Å². The lowest BCUT2D eigenvalue weighted by molar-refractivity contribution is -0.650. The van der Waals surface area contributed by atoms with E-state index in [0.717, 1.165) is 38.2 Å². The lowest BCUT2D eigenvalue weighted by atomic mass is 10.3. The highest BCUT2D eigenvalue weighted by Crippen LogP contribution is 2.41. The molecule has 0 aliphatic carbocycles. The standard InChI is InChI=1S/C18H16N4O6S4/c1-3-21-13-7-5-11(31-28-27-23)9-15(13)29-17(21)19-20-18-22(4-2)14-8-6-12(32(24,25)26)10-16(14)30-18/h3,5-10H,4H2,1-2H3,(H-,23,24,25,26)/p+2/b19-17+,21-3+. The molecule has 0 saturated carbocycles. The first-order valence-corrected chi connectivity index (χ1v) is 13.0. The third-order valence-electron chi connectivity index (χ3n) is 4.55. The van der Waals surface area contributed by atoms with E-state index in [2.05, 4.69) is 19.9 Å². The third kappa shape index (κ3) is 4.53. The number of amidine groups is 1. The summed E-state index contributed by atoms with van der Waals surface area (Å²) in [5, 5.41) is 18.0. The lowest BCUT2D eigenvalue weighted by Crippen LogP contribution is -2.33. The van der Waals surface area contributed by atoms with Crippen LogP contribution in [0.3, 0.4) is 0 Å². The number of aromatic nitrogens is 1. The molecule has 0 fully saturated rings. The number of rotatable bonds is 7. The van der Waals surface area contributed by atoms with E-state index >= 15 is 0 Å². The molecule has 168 valence electrons. The van der Waals surface area contributed by atoms with E-state index in [1.54, 1.807) is 6.07 Å². The average molecular weight is 515 g/mol. The van der Waals surface area contributed by atoms with Crippen LogP contribution in [-0.4, -0.2) is 34.2 Å². The van der Waals surface area contributed by atoms with Gasteiger partial charge in [-0.1, -0.05) is 5.04 Å². The highest BCUT2D eigenvalue weighted by molar-refractivity contribution is 8.13. The highest BCUT2D eigenvalue weighted by Gasteiger charge is 2.33. The second-order valence-electron chi connectivity index (χ2n) is 6.35. The highest BCUT2D eigenvalue weighted by atomic mass is 32.2. The number of nitrogens with one attached hydrogen (secondary N) is 1. The van der Waals surface area contributed by atoms with Crippen LogP contribution in [0, 0.1) is 0 Å². The van der Waals surface area contributed by atoms with Crippen molar-refractivity contribution in [3.63, 3.8) is 0 Å².